The van der Waals surface area contributed by atoms with Crippen molar-refractivity contribution < 1.29 is 4.79 Å². The smallest absolute Gasteiger partial charge is 0.226 e. The second-order valence-corrected chi connectivity index (χ2v) is 5.86. The van der Waals surface area contributed by atoms with Crippen LogP contribution in [0.25, 0.3) is 0 Å². The average Bonchev–Trinajstić information content (AvgIpc) is 2.75. The molecule has 3 N–H and O–H groups in total. The molecule has 0 saturated heterocycles. The molecule has 5 heteroatoms. The topological polar surface area (TPSA) is 68.0 Å². The fourth-order valence-electron chi connectivity index (χ4n) is 1.60. The Morgan fingerprint density at radius 1 is 1.44 bits per heavy atom. The van der Waals surface area contributed by atoms with Crippen molar-refractivity contribution in [3.63, 3.8) is 0 Å². The van der Waals surface area contributed by atoms with E-state index >= 15 is 0 Å². The molecule has 0 fully saturated rings. The molecule has 0 aliphatic rings. The lowest BCUT2D eigenvalue weighted by molar-refractivity contribution is -0.116. The maximum Gasteiger partial charge on any atom is 0.226 e. The number of rotatable bonds is 7. The number of nitrogens with zero attached hydrogens (tertiary/aromatic N) is 1. The zero-order valence-corrected chi connectivity index (χ0v) is 12.2. The van der Waals surface area contributed by atoms with Gasteiger partial charge in [0, 0.05) is 11.8 Å². The van der Waals surface area contributed by atoms with Gasteiger partial charge in [-0.15, -0.1) is 11.3 Å². The van der Waals surface area contributed by atoms with E-state index in [2.05, 4.69) is 31.1 Å². The first kappa shape index (κ1) is 15.1. The molecule has 0 aromatic carbocycles. The second-order valence-electron chi connectivity index (χ2n) is 5.00. The Morgan fingerprint density at radius 2 is 2.17 bits per heavy atom. The number of hydrogen-bond donors (Lipinski definition) is 2. The van der Waals surface area contributed by atoms with E-state index in [1.54, 1.807) is 0 Å². The van der Waals surface area contributed by atoms with E-state index in [1.165, 1.54) is 11.3 Å². The molecule has 0 aliphatic heterocycles. The van der Waals surface area contributed by atoms with Crippen molar-refractivity contribution in [1.82, 2.24) is 4.98 Å². The van der Waals surface area contributed by atoms with E-state index in [-0.39, 0.29) is 5.91 Å². The number of carbonyl (C=O) groups excluding carboxylic acids is 1. The van der Waals surface area contributed by atoms with Crippen LogP contribution in [0.1, 0.15) is 51.6 Å². The predicted molar refractivity (Wildman–Crippen MR) is 76.9 cm³/mol. The molecule has 18 heavy (non-hydrogen) atoms. The van der Waals surface area contributed by atoms with Gasteiger partial charge in [0.25, 0.3) is 0 Å². The van der Waals surface area contributed by atoms with Crippen molar-refractivity contribution in [1.29, 1.82) is 0 Å². The van der Waals surface area contributed by atoms with Crippen LogP contribution in [0.3, 0.4) is 0 Å². The van der Waals surface area contributed by atoms with Crippen LogP contribution in [0, 0.1) is 5.92 Å². The van der Waals surface area contributed by atoms with Crippen molar-refractivity contribution in [3.05, 3.63) is 11.1 Å². The fraction of sp³-hybridized carbons (Fsp3) is 0.692. The molecular formula is C13H23N3OS. The van der Waals surface area contributed by atoms with Crippen molar-refractivity contribution in [2.45, 2.75) is 46.0 Å². The van der Waals surface area contributed by atoms with Crippen LogP contribution in [0.15, 0.2) is 5.38 Å². The molecule has 1 amide bonds. The number of hydrogen-bond acceptors (Lipinski definition) is 4. The van der Waals surface area contributed by atoms with Gasteiger partial charge in [0.15, 0.2) is 5.13 Å². The quantitative estimate of drug-likeness (QED) is 0.799. The SMILES string of the molecule is CC(CCN)CCC(=O)Nc1nc(C(C)C)cs1. The van der Waals surface area contributed by atoms with E-state index in [4.69, 9.17) is 5.73 Å². The number of nitrogens with two attached hydrogens (primary N) is 1. The van der Waals surface area contributed by atoms with Gasteiger partial charge in [-0.05, 0) is 31.2 Å². The summed E-state index contributed by atoms with van der Waals surface area (Å²) in [6.07, 6.45) is 2.39. The molecule has 1 atom stereocenters. The Morgan fingerprint density at radius 3 is 2.72 bits per heavy atom. The van der Waals surface area contributed by atoms with Crippen LogP contribution in [-0.4, -0.2) is 17.4 Å². The first-order chi connectivity index (χ1) is 8.52. The van der Waals surface area contributed by atoms with E-state index < -0.39 is 0 Å². The summed E-state index contributed by atoms with van der Waals surface area (Å²) >= 11 is 1.49. The van der Waals surface area contributed by atoms with E-state index in [0.717, 1.165) is 18.5 Å². The van der Waals surface area contributed by atoms with Crippen LogP contribution in [0.2, 0.25) is 0 Å². The van der Waals surface area contributed by atoms with Crippen molar-refractivity contribution in [2.75, 3.05) is 11.9 Å². The molecule has 1 heterocycles. The minimum atomic E-state index is 0.0449. The van der Waals surface area contributed by atoms with Gasteiger partial charge in [0.05, 0.1) is 5.69 Å². The lowest BCUT2D eigenvalue weighted by atomic mass is 10.0. The number of anilines is 1. The van der Waals surface area contributed by atoms with Crippen LogP contribution in [-0.2, 0) is 4.79 Å². The van der Waals surface area contributed by atoms with Gasteiger partial charge in [-0.1, -0.05) is 20.8 Å². The van der Waals surface area contributed by atoms with E-state index in [9.17, 15) is 4.79 Å². The molecule has 0 radical (unpaired) electrons. The maximum absolute atomic E-state index is 11.7. The molecule has 1 rings (SSSR count). The van der Waals surface area contributed by atoms with Gasteiger partial charge in [0.1, 0.15) is 0 Å². The molecule has 0 bridgehead atoms. The number of thiazole rings is 1. The van der Waals surface area contributed by atoms with Crippen molar-refractivity contribution in [3.8, 4) is 0 Å². The maximum atomic E-state index is 11.7. The Bertz CT molecular complexity index is 376. The highest BCUT2D eigenvalue weighted by atomic mass is 32.1. The normalized spacial score (nSPS) is 12.7. The summed E-state index contributed by atoms with van der Waals surface area (Å²) in [5.74, 6) is 0.947. The molecule has 102 valence electrons. The summed E-state index contributed by atoms with van der Waals surface area (Å²) in [5.41, 5.74) is 6.52. The van der Waals surface area contributed by atoms with Crippen LogP contribution in [0.5, 0.6) is 0 Å². The van der Waals surface area contributed by atoms with Gasteiger partial charge >= 0.3 is 0 Å². The first-order valence-corrected chi connectivity index (χ1v) is 7.36. The molecule has 1 aromatic rings. The minimum Gasteiger partial charge on any atom is -0.330 e. The minimum absolute atomic E-state index is 0.0449. The Kier molecular flexibility index (Phi) is 6.29. The lowest BCUT2D eigenvalue weighted by Gasteiger charge is -2.08. The molecule has 4 nitrogen and oxygen atoms in total. The van der Waals surface area contributed by atoms with Crippen molar-refractivity contribution >= 4 is 22.4 Å². The van der Waals surface area contributed by atoms with Gasteiger partial charge in [0.2, 0.25) is 5.91 Å². The number of nitrogens with one attached hydrogen (secondary N) is 1. The summed E-state index contributed by atoms with van der Waals surface area (Å²) in [6.45, 7) is 7.00. The third kappa shape index (κ3) is 5.14. The molecule has 1 unspecified atom stereocenters. The van der Waals surface area contributed by atoms with Crippen LogP contribution in [0.4, 0.5) is 5.13 Å². The zero-order valence-electron chi connectivity index (χ0n) is 11.4. The highest BCUT2D eigenvalue weighted by Crippen LogP contribution is 2.21. The molecule has 1 aromatic heterocycles. The fourth-order valence-corrected chi connectivity index (χ4v) is 2.48. The lowest BCUT2D eigenvalue weighted by Crippen LogP contribution is -2.14. The van der Waals surface area contributed by atoms with E-state index in [1.807, 2.05) is 5.38 Å². The van der Waals surface area contributed by atoms with Crippen molar-refractivity contribution in [2.24, 2.45) is 11.7 Å². The summed E-state index contributed by atoms with van der Waals surface area (Å²) in [4.78, 5) is 16.1. The molecule has 0 aliphatic carbocycles. The first-order valence-electron chi connectivity index (χ1n) is 6.48. The highest BCUT2D eigenvalue weighted by Gasteiger charge is 2.10. The highest BCUT2D eigenvalue weighted by molar-refractivity contribution is 7.13. The van der Waals surface area contributed by atoms with Gasteiger partial charge in [-0.25, -0.2) is 4.98 Å². The average molecular weight is 269 g/mol. The largest absolute Gasteiger partial charge is 0.330 e. The Hall–Kier alpha value is -0.940. The second kappa shape index (κ2) is 7.48. The van der Waals surface area contributed by atoms with Crippen LogP contribution >= 0.6 is 11.3 Å². The van der Waals surface area contributed by atoms with Gasteiger partial charge < -0.3 is 11.1 Å². The summed E-state index contributed by atoms with van der Waals surface area (Å²) in [7, 11) is 0. The summed E-state index contributed by atoms with van der Waals surface area (Å²) < 4.78 is 0. The van der Waals surface area contributed by atoms with Gasteiger partial charge in [-0.2, -0.15) is 0 Å². The zero-order chi connectivity index (χ0) is 13.5. The number of amides is 1. The Labute approximate surface area is 113 Å². The summed E-state index contributed by atoms with van der Waals surface area (Å²) in [6, 6.07) is 0. The van der Waals surface area contributed by atoms with Gasteiger partial charge in [-0.3, -0.25) is 4.79 Å². The van der Waals surface area contributed by atoms with E-state index in [0.29, 0.717) is 29.9 Å². The van der Waals surface area contributed by atoms with Crippen LogP contribution < -0.4 is 11.1 Å². The standard InChI is InChI=1S/C13H23N3OS/c1-9(2)11-8-18-13(15-11)16-12(17)5-4-10(3)6-7-14/h8-10H,4-7,14H2,1-3H3,(H,15,16,17). The predicted octanol–water partition coefficient (Wildman–Crippen LogP) is 2.97. The third-order valence-corrected chi connectivity index (χ3v) is 3.66. The summed E-state index contributed by atoms with van der Waals surface area (Å²) in [5, 5.41) is 5.55. The number of carbonyl (C=O) groups is 1. The molecule has 0 saturated carbocycles. The monoisotopic (exact) mass is 269 g/mol. The molecular weight excluding hydrogens is 246 g/mol. The Balaban J connectivity index is 2.35. The number of aromatic nitrogens is 1. The third-order valence-electron chi connectivity index (χ3n) is 2.88. The molecule has 0 spiro atoms.